The van der Waals surface area contributed by atoms with Crippen molar-refractivity contribution >= 4 is 33.3 Å². The molecule has 1 aliphatic heterocycles. The monoisotopic (exact) mass is 378 g/mol. The first-order valence-electron chi connectivity index (χ1n) is 8.31. The molecule has 0 atom stereocenters. The highest BCUT2D eigenvalue weighted by molar-refractivity contribution is 7.20. The SMILES string of the molecule is Cc1cc(NC(=O)c2ccccc2)n(-c2nc3cc4c(cc3s2)OCO4)n1. The van der Waals surface area contributed by atoms with Gasteiger partial charge in [-0.2, -0.15) is 9.78 Å². The lowest BCUT2D eigenvalue weighted by Gasteiger charge is -2.06. The predicted octanol–water partition coefficient (Wildman–Crippen LogP) is 3.77. The summed E-state index contributed by atoms with van der Waals surface area (Å²) >= 11 is 1.47. The number of fused-ring (bicyclic) bond motifs is 2. The summed E-state index contributed by atoms with van der Waals surface area (Å²) in [5.41, 5.74) is 2.16. The molecule has 0 aliphatic carbocycles. The molecule has 0 unspecified atom stereocenters. The van der Waals surface area contributed by atoms with Crippen molar-refractivity contribution in [1.82, 2.24) is 14.8 Å². The van der Waals surface area contributed by atoms with Gasteiger partial charge in [-0.3, -0.25) is 4.79 Å². The second kappa shape index (κ2) is 6.10. The van der Waals surface area contributed by atoms with Crippen LogP contribution in [0.25, 0.3) is 15.3 Å². The normalized spacial score (nSPS) is 12.5. The van der Waals surface area contributed by atoms with E-state index in [2.05, 4.69) is 15.4 Å². The van der Waals surface area contributed by atoms with Gasteiger partial charge in [0.15, 0.2) is 11.5 Å². The summed E-state index contributed by atoms with van der Waals surface area (Å²) in [6, 6.07) is 14.6. The zero-order valence-corrected chi connectivity index (χ0v) is 15.1. The van der Waals surface area contributed by atoms with E-state index < -0.39 is 0 Å². The summed E-state index contributed by atoms with van der Waals surface area (Å²) < 4.78 is 13.4. The molecule has 3 heterocycles. The van der Waals surface area contributed by atoms with Gasteiger partial charge in [-0.1, -0.05) is 29.5 Å². The van der Waals surface area contributed by atoms with E-state index in [9.17, 15) is 4.79 Å². The fourth-order valence-electron chi connectivity index (χ4n) is 2.91. The summed E-state index contributed by atoms with van der Waals surface area (Å²) in [5.74, 6) is 1.78. The Morgan fingerprint density at radius 3 is 2.74 bits per heavy atom. The van der Waals surface area contributed by atoms with Crippen LogP contribution in [-0.2, 0) is 0 Å². The third kappa shape index (κ3) is 2.80. The fourth-order valence-corrected chi connectivity index (χ4v) is 3.85. The van der Waals surface area contributed by atoms with Crippen LogP contribution >= 0.6 is 11.3 Å². The Balaban J connectivity index is 1.52. The Morgan fingerprint density at radius 2 is 1.93 bits per heavy atom. The molecule has 1 amide bonds. The first kappa shape index (κ1) is 15.8. The molecule has 8 heteroatoms. The number of thiazole rings is 1. The number of carbonyl (C=O) groups is 1. The molecule has 2 aromatic heterocycles. The van der Waals surface area contributed by atoms with Gasteiger partial charge in [-0.25, -0.2) is 4.98 Å². The van der Waals surface area contributed by atoms with Crippen LogP contribution in [0, 0.1) is 6.92 Å². The summed E-state index contributed by atoms with van der Waals surface area (Å²) in [6.07, 6.45) is 0. The van der Waals surface area contributed by atoms with Crippen molar-refractivity contribution < 1.29 is 14.3 Å². The zero-order valence-electron chi connectivity index (χ0n) is 14.3. The number of nitrogens with zero attached hydrogens (tertiary/aromatic N) is 3. The molecule has 5 rings (SSSR count). The van der Waals surface area contributed by atoms with E-state index in [4.69, 9.17) is 9.47 Å². The van der Waals surface area contributed by atoms with Crippen LogP contribution in [-0.4, -0.2) is 27.5 Å². The minimum atomic E-state index is -0.196. The quantitative estimate of drug-likeness (QED) is 0.587. The Morgan fingerprint density at radius 1 is 1.15 bits per heavy atom. The average Bonchev–Trinajstić information content (AvgIpc) is 3.37. The number of ether oxygens (including phenoxy) is 2. The number of amides is 1. The number of anilines is 1. The summed E-state index contributed by atoms with van der Waals surface area (Å²) in [7, 11) is 0. The molecule has 2 aromatic carbocycles. The summed E-state index contributed by atoms with van der Waals surface area (Å²) in [5, 5.41) is 8.06. The van der Waals surface area contributed by atoms with Crippen molar-refractivity contribution in [1.29, 1.82) is 0 Å². The molecule has 1 aliphatic rings. The number of rotatable bonds is 3. The molecular formula is C19H14N4O3S. The fraction of sp³-hybridized carbons (Fsp3) is 0.105. The van der Waals surface area contributed by atoms with Crippen molar-refractivity contribution in [3.05, 3.63) is 59.8 Å². The average molecular weight is 378 g/mol. The third-order valence-electron chi connectivity index (χ3n) is 4.16. The minimum absolute atomic E-state index is 0.196. The molecular weight excluding hydrogens is 364 g/mol. The highest BCUT2D eigenvalue weighted by Crippen LogP contribution is 2.38. The lowest BCUT2D eigenvalue weighted by atomic mass is 10.2. The molecule has 7 nitrogen and oxygen atoms in total. The maximum atomic E-state index is 12.5. The number of hydrogen-bond donors (Lipinski definition) is 1. The highest BCUT2D eigenvalue weighted by atomic mass is 32.1. The largest absolute Gasteiger partial charge is 0.454 e. The van der Waals surface area contributed by atoms with E-state index in [0.29, 0.717) is 28.0 Å². The smallest absolute Gasteiger partial charge is 0.256 e. The number of aromatic nitrogens is 3. The van der Waals surface area contributed by atoms with Crippen LogP contribution in [0.4, 0.5) is 5.82 Å². The maximum Gasteiger partial charge on any atom is 0.256 e. The molecule has 1 N–H and O–H groups in total. The van der Waals surface area contributed by atoms with Gasteiger partial charge in [0.05, 0.1) is 15.9 Å². The van der Waals surface area contributed by atoms with Gasteiger partial charge in [-0.15, -0.1) is 0 Å². The first-order chi connectivity index (χ1) is 13.2. The van der Waals surface area contributed by atoms with Crippen LogP contribution in [0.5, 0.6) is 11.5 Å². The number of hydrogen-bond acceptors (Lipinski definition) is 6. The van der Waals surface area contributed by atoms with E-state index in [1.165, 1.54) is 11.3 Å². The van der Waals surface area contributed by atoms with Crippen LogP contribution in [0.1, 0.15) is 16.1 Å². The highest BCUT2D eigenvalue weighted by Gasteiger charge is 2.19. The van der Waals surface area contributed by atoms with Crippen molar-refractivity contribution in [3.8, 4) is 16.6 Å². The van der Waals surface area contributed by atoms with Gasteiger partial charge in [0.1, 0.15) is 5.82 Å². The molecule has 134 valence electrons. The zero-order chi connectivity index (χ0) is 18.4. The lowest BCUT2D eigenvalue weighted by Crippen LogP contribution is -2.14. The second-order valence-corrected chi connectivity index (χ2v) is 7.08. The van der Waals surface area contributed by atoms with Gasteiger partial charge in [0.2, 0.25) is 11.9 Å². The number of carbonyl (C=O) groups excluding carboxylic acids is 1. The van der Waals surface area contributed by atoms with Crippen molar-refractivity contribution in [2.24, 2.45) is 0 Å². The van der Waals surface area contributed by atoms with E-state index in [-0.39, 0.29) is 12.7 Å². The molecule has 0 bridgehead atoms. The Labute approximate surface area is 158 Å². The Kier molecular flexibility index (Phi) is 3.58. The molecule has 0 fully saturated rings. The van der Waals surface area contributed by atoms with Crippen LogP contribution in [0.2, 0.25) is 0 Å². The maximum absolute atomic E-state index is 12.5. The second-order valence-electron chi connectivity index (χ2n) is 6.07. The molecule has 27 heavy (non-hydrogen) atoms. The standard InChI is InChI=1S/C19H14N4O3S/c1-11-7-17(21-18(24)12-5-3-2-4-6-12)23(22-11)19-20-13-8-14-15(26-10-25-14)9-16(13)27-19/h2-9H,10H2,1H3,(H,21,24). The number of aryl methyl sites for hydroxylation is 1. The Hall–Kier alpha value is -3.39. The van der Waals surface area contributed by atoms with Gasteiger partial charge in [0.25, 0.3) is 5.91 Å². The van der Waals surface area contributed by atoms with Crippen LogP contribution in [0.15, 0.2) is 48.5 Å². The van der Waals surface area contributed by atoms with Gasteiger partial charge in [0, 0.05) is 23.8 Å². The molecule has 0 saturated heterocycles. The van der Waals surface area contributed by atoms with Crippen molar-refractivity contribution in [2.75, 3.05) is 12.1 Å². The van der Waals surface area contributed by atoms with Crippen molar-refractivity contribution in [2.45, 2.75) is 6.92 Å². The Bertz CT molecular complexity index is 1130. The number of benzene rings is 2. The van der Waals surface area contributed by atoms with E-state index in [0.717, 1.165) is 15.9 Å². The van der Waals surface area contributed by atoms with E-state index >= 15 is 0 Å². The van der Waals surface area contributed by atoms with Crippen LogP contribution < -0.4 is 14.8 Å². The van der Waals surface area contributed by atoms with Crippen molar-refractivity contribution in [3.63, 3.8) is 0 Å². The molecule has 0 saturated carbocycles. The van der Waals surface area contributed by atoms with E-state index in [1.54, 1.807) is 16.8 Å². The van der Waals surface area contributed by atoms with Gasteiger partial charge >= 0.3 is 0 Å². The summed E-state index contributed by atoms with van der Waals surface area (Å²) in [6.45, 7) is 2.10. The predicted molar refractivity (Wildman–Crippen MR) is 102 cm³/mol. The number of nitrogens with one attached hydrogen (secondary N) is 1. The third-order valence-corrected chi connectivity index (χ3v) is 5.16. The van der Waals surface area contributed by atoms with Gasteiger partial charge < -0.3 is 14.8 Å². The minimum Gasteiger partial charge on any atom is -0.454 e. The van der Waals surface area contributed by atoms with Gasteiger partial charge in [-0.05, 0) is 19.1 Å². The molecule has 0 spiro atoms. The molecule has 4 aromatic rings. The lowest BCUT2D eigenvalue weighted by molar-refractivity contribution is 0.102. The first-order valence-corrected chi connectivity index (χ1v) is 9.13. The topological polar surface area (TPSA) is 78.3 Å². The van der Waals surface area contributed by atoms with E-state index in [1.807, 2.05) is 43.3 Å². The summed E-state index contributed by atoms with van der Waals surface area (Å²) in [4.78, 5) is 17.2. The van der Waals surface area contributed by atoms with Crippen LogP contribution in [0.3, 0.4) is 0 Å². The molecule has 0 radical (unpaired) electrons.